The van der Waals surface area contributed by atoms with Crippen molar-refractivity contribution in [1.29, 1.82) is 0 Å². The molecule has 1 rings (SSSR count). The predicted octanol–water partition coefficient (Wildman–Crippen LogP) is 6.47. The minimum atomic E-state index is -10.7. The first-order valence-electron chi connectivity index (χ1n) is 5.86. The monoisotopic (exact) mass is 450 g/mol. The summed E-state index contributed by atoms with van der Waals surface area (Å²) in [6, 6.07) is 0. The third-order valence-corrected chi connectivity index (χ3v) is 4.09. The Hall–Kier alpha value is -0.684. The predicted molar refractivity (Wildman–Crippen MR) is 79.4 cm³/mol. The number of rotatable bonds is 1. The second kappa shape index (κ2) is 12.6. The van der Waals surface area contributed by atoms with Gasteiger partial charge in [0.2, 0.25) is 0 Å². The van der Waals surface area contributed by atoms with Crippen LogP contribution in [0, 0.1) is 31.4 Å². The van der Waals surface area contributed by atoms with E-state index in [0.717, 1.165) is 0 Å². The summed E-state index contributed by atoms with van der Waals surface area (Å²) in [5.41, 5.74) is 1.57. The summed E-state index contributed by atoms with van der Waals surface area (Å²) in [5, 5.41) is 0. The molecule has 1 aliphatic carbocycles. The zero-order valence-electron chi connectivity index (χ0n) is 13.7. The maximum absolute atomic E-state index is 10.7. The zero-order chi connectivity index (χ0) is 20.9. The standard InChI is InChI=1S/C10H17Si.3CO.F6P.Fe/c1-9-5-7-10(8-6-9)11(2,3)4;3*1-2;1-7(2,3,4,5)6;/h5-9H,1-4H3;;;;;/q+1;;;;-1;. The van der Waals surface area contributed by atoms with E-state index in [1.54, 1.807) is 5.54 Å². The minimum Gasteiger partial charge on any atom is 0 e. The maximum atomic E-state index is 9.87. The van der Waals surface area contributed by atoms with Gasteiger partial charge >= 0.3 is 66.9 Å². The second-order valence-corrected chi connectivity index (χ2v) is 12.2. The fraction of sp³-hybridized carbons (Fsp3) is 0.385. The van der Waals surface area contributed by atoms with Crippen LogP contribution in [0.3, 0.4) is 0 Å². The van der Waals surface area contributed by atoms with Crippen LogP contribution in [0.1, 0.15) is 6.92 Å². The maximum Gasteiger partial charge on any atom is 0 e. The molecule has 0 unspecified atom stereocenters. The SMILES string of the molecule is CC1C=C[C+]([Si](C)(C)C)C=C1.F[P-](F)(F)(F)(F)F.[C-]#[O+].[C-]#[O+].[C-]#[O+].[Fe]. The third-order valence-electron chi connectivity index (χ3n) is 2.02. The molecule has 0 saturated carbocycles. The summed E-state index contributed by atoms with van der Waals surface area (Å²) < 4.78 is 81.7. The largest absolute Gasteiger partial charge is 0 e. The van der Waals surface area contributed by atoms with Crippen molar-refractivity contribution in [1.82, 2.24) is 0 Å². The van der Waals surface area contributed by atoms with Crippen molar-refractivity contribution in [3.8, 4) is 0 Å². The summed E-state index contributed by atoms with van der Waals surface area (Å²) in [6.45, 7) is 22.9. The van der Waals surface area contributed by atoms with Gasteiger partial charge in [0.05, 0.1) is 5.92 Å². The van der Waals surface area contributed by atoms with Gasteiger partial charge in [0.15, 0.2) is 0 Å². The van der Waals surface area contributed by atoms with Crippen LogP contribution in [-0.2, 0) is 31.0 Å². The van der Waals surface area contributed by atoms with Gasteiger partial charge in [0, 0.05) is 46.9 Å². The van der Waals surface area contributed by atoms with E-state index >= 15 is 0 Å². The molecule has 25 heavy (non-hydrogen) atoms. The van der Waals surface area contributed by atoms with Crippen molar-refractivity contribution >= 4 is 15.9 Å². The van der Waals surface area contributed by atoms with Gasteiger partial charge in [0.1, 0.15) is 8.07 Å². The van der Waals surface area contributed by atoms with Gasteiger partial charge in [0.25, 0.3) is 0 Å². The number of allylic oxidation sites excluding steroid dienone is 4. The first-order valence-corrected chi connectivity index (χ1v) is 11.4. The van der Waals surface area contributed by atoms with Gasteiger partial charge in [-0.2, -0.15) is 0 Å². The van der Waals surface area contributed by atoms with Crippen LogP contribution in [0.25, 0.3) is 0 Å². The van der Waals surface area contributed by atoms with E-state index in [9.17, 15) is 25.2 Å². The fourth-order valence-corrected chi connectivity index (χ4v) is 2.32. The van der Waals surface area contributed by atoms with Gasteiger partial charge in [-0.3, -0.25) is 0 Å². The smallest absolute Gasteiger partial charge is 0 e. The molecule has 146 valence electrons. The van der Waals surface area contributed by atoms with Crippen LogP contribution in [0.2, 0.25) is 19.6 Å². The average molecular weight is 450 g/mol. The van der Waals surface area contributed by atoms with E-state index in [0.29, 0.717) is 5.92 Å². The number of hydrogen-bond donors (Lipinski definition) is 0. The van der Waals surface area contributed by atoms with E-state index < -0.39 is 15.9 Å². The molecule has 0 aromatic rings. The Morgan fingerprint density at radius 3 is 1.16 bits per heavy atom. The summed E-state index contributed by atoms with van der Waals surface area (Å²) in [6.07, 6.45) is 9.18. The summed E-state index contributed by atoms with van der Waals surface area (Å²) in [5.74, 6) is 0.634. The van der Waals surface area contributed by atoms with Crippen molar-refractivity contribution in [3.05, 3.63) is 49.8 Å². The van der Waals surface area contributed by atoms with Crippen molar-refractivity contribution < 1.29 is 56.2 Å². The molecule has 0 saturated heterocycles. The Labute approximate surface area is 154 Å². The van der Waals surface area contributed by atoms with E-state index in [1.165, 1.54) is 0 Å². The molecule has 0 spiro atoms. The minimum absolute atomic E-state index is 0. The normalized spacial score (nSPS) is 15.3. The van der Waals surface area contributed by atoms with Gasteiger partial charge in [-0.25, -0.2) is 0 Å². The Balaban J connectivity index is -0.0000000833. The molecular weight excluding hydrogens is 433 g/mol. The summed E-state index contributed by atoms with van der Waals surface area (Å²) >= 11 is 0. The average Bonchev–Trinajstić information content (AvgIpc) is 2.41. The van der Waals surface area contributed by atoms with Crippen molar-refractivity contribution in [2.75, 3.05) is 0 Å². The van der Waals surface area contributed by atoms with Crippen LogP contribution in [0.4, 0.5) is 25.2 Å². The molecule has 0 aromatic carbocycles. The zero-order valence-corrected chi connectivity index (χ0v) is 16.7. The quantitative estimate of drug-likeness (QED) is 0.145. The van der Waals surface area contributed by atoms with Gasteiger partial charge in [-0.05, 0) is 6.92 Å². The molecule has 0 radical (unpaired) electrons. The van der Waals surface area contributed by atoms with Crippen LogP contribution < -0.4 is 0 Å². The van der Waals surface area contributed by atoms with E-state index in [4.69, 9.17) is 14.0 Å². The Kier molecular flexibility index (Phi) is 17.9. The first-order chi connectivity index (χ1) is 10.4. The van der Waals surface area contributed by atoms with E-state index in [1.807, 2.05) is 0 Å². The van der Waals surface area contributed by atoms with Gasteiger partial charge in [-0.1, -0.05) is 19.6 Å². The fourth-order valence-electron chi connectivity index (χ4n) is 1.13. The molecular formula is C13H17F6FeO3PSi. The molecule has 0 amide bonds. The van der Waals surface area contributed by atoms with Crippen LogP contribution in [0.5, 0.6) is 0 Å². The van der Waals surface area contributed by atoms with Gasteiger partial charge < -0.3 is 0 Å². The molecule has 0 fully saturated rings. The molecule has 0 aliphatic heterocycles. The van der Waals surface area contributed by atoms with Crippen LogP contribution in [-0.4, -0.2) is 8.07 Å². The van der Waals surface area contributed by atoms with Crippen LogP contribution >= 0.6 is 7.81 Å². The second-order valence-electron chi connectivity index (χ2n) is 5.24. The summed E-state index contributed by atoms with van der Waals surface area (Å²) in [4.78, 5) is 0. The summed E-state index contributed by atoms with van der Waals surface area (Å²) in [7, 11) is -11.7. The molecule has 3 nitrogen and oxygen atoms in total. The number of hydrogen-bond acceptors (Lipinski definition) is 0. The molecule has 0 N–H and O–H groups in total. The van der Waals surface area contributed by atoms with Crippen molar-refractivity contribution in [2.24, 2.45) is 5.92 Å². The Morgan fingerprint density at radius 2 is 1.00 bits per heavy atom. The first kappa shape index (κ1) is 35.4. The molecule has 0 atom stereocenters. The molecule has 0 heterocycles. The third kappa shape index (κ3) is 45.2. The topological polar surface area (TPSA) is 59.7 Å². The van der Waals surface area contributed by atoms with Crippen molar-refractivity contribution in [3.63, 3.8) is 0 Å². The Morgan fingerprint density at radius 1 is 0.800 bits per heavy atom. The number of halogens is 6. The van der Waals surface area contributed by atoms with E-state index in [2.05, 4.69) is 70.8 Å². The Bertz CT molecular complexity index is 437. The molecule has 12 heteroatoms. The van der Waals surface area contributed by atoms with Crippen molar-refractivity contribution in [2.45, 2.75) is 26.6 Å². The molecule has 1 aliphatic rings. The van der Waals surface area contributed by atoms with Gasteiger partial charge in [-0.15, -0.1) is 0 Å². The molecule has 0 bridgehead atoms. The van der Waals surface area contributed by atoms with Crippen LogP contribution in [0.15, 0.2) is 24.3 Å². The molecule has 0 aromatic heterocycles. The van der Waals surface area contributed by atoms with E-state index in [-0.39, 0.29) is 17.1 Å².